The van der Waals surface area contributed by atoms with Gasteiger partial charge in [0.15, 0.2) is 0 Å². The third-order valence-electron chi connectivity index (χ3n) is 7.20. The number of nitrogens with one attached hydrogen (secondary N) is 1. The molecule has 0 saturated carbocycles. The molecule has 4 heterocycles. The molecule has 0 unspecified atom stereocenters. The fourth-order valence-corrected chi connectivity index (χ4v) is 5.18. The van der Waals surface area contributed by atoms with Gasteiger partial charge in [0.25, 0.3) is 0 Å². The fraction of sp³-hybridized carbons (Fsp3) is 0.520. The van der Waals surface area contributed by atoms with E-state index in [-0.39, 0.29) is 12.1 Å². The Labute approximate surface area is 234 Å². The number of piperidine rings is 1. The van der Waals surface area contributed by atoms with Gasteiger partial charge in [0, 0.05) is 49.1 Å². The van der Waals surface area contributed by atoms with Gasteiger partial charge in [-0.25, -0.2) is 4.79 Å². The number of carboxylic acids is 1. The van der Waals surface area contributed by atoms with Crippen molar-refractivity contribution in [3.8, 4) is 0 Å². The molecule has 40 heavy (non-hydrogen) atoms. The van der Waals surface area contributed by atoms with Crippen LogP contribution in [0.2, 0.25) is 5.02 Å². The molecule has 0 spiro atoms. The molecule has 11 nitrogen and oxygen atoms in total. The second-order valence-corrected chi connectivity index (χ2v) is 10.3. The van der Waals surface area contributed by atoms with Crippen LogP contribution in [-0.4, -0.2) is 91.5 Å². The molecule has 0 amide bonds. The van der Waals surface area contributed by atoms with E-state index >= 15 is 0 Å². The number of aromatic nitrogens is 5. The van der Waals surface area contributed by atoms with Gasteiger partial charge in [-0.2, -0.15) is 18.3 Å². The SMILES string of the molecule is C[C@@H]([C@H]1CN(C2CCN(c3nnc(N)[nH]3)CC2)[C@@H](Cc2ccc(Cl)cc2)CO1)n1cccn1.O=C(O)C(F)(F)F. The van der Waals surface area contributed by atoms with E-state index in [1.54, 1.807) is 0 Å². The van der Waals surface area contributed by atoms with Gasteiger partial charge in [-0.05, 0) is 49.9 Å². The highest BCUT2D eigenvalue weighted by molar-refractivity contribution is 6.30. The molecule has 2 aliphatic rings. The van der Waals surface area contributed by atoms with E-state index in [9.17, 15) is 13.2 Å². The number of aliphatic carboxylic acids is 1. The highest BCUT2D eigenvalue weighted by atomic mass is 35.5. The molecule has 0 aliphatic carbocycles. The topological polar surface area (TPSA) is 138 Å². The van der Waals surface area contributed by atoms with Gasteiger partial charge >= 0.3 is 12.1 Å². The van der Waals surface area contributed by atoms with Gasteiger partial charge in [-0.15, -0.1) is 10.2 Å². The van der Waals surface area contributed by atoms with Crippen LogP contribution in [-0.2, 0) is 16.0 Å². The zero-order chi connectivity index (χ0) is 28.9. The Balaban J connectivity index is 0.000000470. The van der Waals surface area contributed by atoms with Gasteiger partial charge in [-0.3, -0.25) is 14.6 Å². The predicted octanol–water partition coefficient (Wildman–Crippen LogP) is 3.41. The molecule has 3 atom stereocenters. The molecule has 0 radical (unpaired) electrons. The van der Waals surface area contributed by atoms with Gasteiger partial charge in [0.05, 0.1) is 18.8 Å². The van der Waals surface area contributed by atoms with E-state index in [0.717, 1.165) is 49.9 Å². The van der Waals surface area contributed by atoms with Gasteiger partial charge < -0.3 is 20.5 Å². The third kappa shape index (κ3) is 7.64. The lowest BCUT2D eigenvalue weighted by Crippen LogP contribution is -2.58. The molecule has 2 fully saturated rings. The normalized spacial score (nSPS) is 21.5. The zero-order valence-corrected chi connectivity index (χ0v) is 22.6. The Bertz CT molecular complexity index is 1220. The van der Waals surface area contributed by atoms with Crippen LogP contribution in [0.15, 0.2) is 42.7 Å². The Morgan fingerprint density at radius 1 is 1.25 bits per heavy atom. The second-order valence-electron chi connectivity index (χ2n) is 9.83. The van der Waals surface area contributed by atoms with Crippen LogP contribution < -0.4 is 10.6 Å². The molecule has 5 rings (SSSR count). The summed E-state index contributed by atoms with van der Waals surface area (Å²) in [6.07, 6.45) is 1.91. The number of morpholine rings is 1. The molecule has 2 aliphatic heterocycles. The lowest BCUT2D eigenvalue weighted by Gasteiger charge is -2.47. The highest BCUT2D eigenvalue weighted by Gasteiger charge is 2.39. The number of halogens is 4. The van der Waals surface area contributed by atoms with Crippen LogP contribution >= 0.6 is 11.6 Å². The van der Waals surface area contributed by atoms with Crippen molar-refractivity contribution in [2.75, 3.05) is 36.9 Å². The van der Waals surface area contributed by atoms with E-state index in [1.807, 2.05) is 35.3 Å². The summed E-state index contributed by atoms with van der Waals surface area (Å²) in [4.78, 5) is 16.9. The largest absolute Gasteiger partial charge is 0.490 e. The standard InChI is InChI=1S/C23H31ClN8O.C2HF3O2/c1-16(32-10-2-9-26-32)21-14-31(20(15-33-21)13-17-3-5-18(24)6-4-17)19-7-11-30(12-8-19)23-27-22(25)28-29-23;3-2(4,5)1(6)7/h2-6,9-10,16,19-21H,7-8,11-15H2,1H3,(H3,25,27,28,29);(H,6,7)/t16-,20-,21+;/m0./s1. The lowest BCUT2D eigenvalue weighted by atomic mass is 9.95. The fourth-order valence-electron chi connectivity index (χ4n) is 5.06. The third-order valence-corrected chi connectivity index (χ3v) is 7.45. The predicted molar refractivity (Wildman–Crippen MR) is 142 cm³/mol. The maximum Gasteiger partial charge on any atom is 0.490 e. The summed E-state index contributed by atoms with van der Waals surface area (Å²) >= 11 is 6.11. The van der Waals surface area contributed by atoms with Gasteiger partial charge in [0.2, 0.25) is 11.9 Å². The number of hydrogen-bond donors (Lipinski definition) is 3. The van der Waals surface area contributed by atoms with Crippen molar-refractivity contribution in [2.45, 2.75) is 56.6 Å². The number of aromatic amines is 1. The number of carboxylic acid groups (broad SMARTS) is 1. The Morgan fingerprint density at radius 3 is 2.48 bits per heavy atom. The van der Waals surface area contributed by atoms with E-state index in [1.165, 1.54) is 5.56 Å². The lowest BCUT2D eigenvalue weighted by molar-refractivity contribution is -0.192. The number of H-pyrrole nitrogens is 1. The summed E-state index contributed by atoms with van der Waals surface area (Å²) in [7, 11) is 0. The summed E-state index contributed by atoms with van der Waals surface area (Å²) in [5, 5.41) is 20.4. The molecule has 3 aromatic rings. The summed E-state index contributed by atoms with van der Waals surface area (Å²) in [6.45, 7) is 5.62. The number of anilines is 2. The number of alkyl halides is 3. The van der Waals surface area contributed by atoms with Crippen molar-refractivity contribution in [3.05, 3.63) is 53.3 Å². The number of benzene rings is 1. The summed E-state index contributed by atoms with van der Waals surface area (Å²) in [5.41, 5.74) is 7.00. The van der Waals surface area contributed by atoms with Crippen molar-refractivity contribution < 1.29 is 27.8 Å². The second kappa shape index (κ2) is 12.9. The van der Waals surface area contributed by atoms with Crippen LogP contribution in [0.4, 0.5) is 25.1 Å². The molecule has 1 aromatic carbocycles. The average Bonchev–Trinajstić information content (AvgIpc) is 3.62. The minimum atomic E-state index is -5.08. The van der Waals surface area contributed by atoms with Gasteiger partial charge in [-0.1, -0.05) is 23.7 Å². The van der Waals surface area contributed by atoms with E-state index in [0.29, 0.717) is 24.6 Å². The molecule has 0 bridgehead atoms. The Hall–Kier alpha value is -3.36. The van der Waals surface area contributed by atoms with Crippen molar-refractivity contribution >= 4 is 29.5 Å². The molecule has 4 N–H and O–H groups in total. The van der Waals surface area contributed by atoms with E-state index in [2.05, 4.69) is 49.1 Å². The van der Waals surface area contributed by atoms with Crippen molar-refractivity contribution in [3.63, 3.8) is 0 Å². The number of rotatable bonds is 6. The molecular weight excluding hydrogens is 553 g/mol. The van der Waals surface area contributed by atoms with Crippen LogP contribution in [0, 0.1) is 0 Å². The van der Waals surface area contributed by atoms with Gasteiger partial charge in [0.1, 0.15) is 0 Å². The van der Waals surface area contributed by atoms with Crippen molar-refractivity contribution in [2.24, 2.45) is 0 Å². The molecule has 2 saturated heterocycles. The Morgan fingerprint density at radius 2 is 1.93 bits per heavy atom. The monoisotopic (exact) mass is 584 g/mol. The maximum atomic E-state index is 10.6. The average molecular weight is 585 g/mol. The first-order chi connectivity index (χ1) is 19.0. The van der Waals surface area contributed by atoms with Crippen LogP contribution in [0.1, 0.15) is 31.4 Å². The van der Waals surface area contributed by atoms with Crippen LogP contribution in [0.5, 0.6) is 0 Å². The number of nitrogens with zero attached hydrogens (tertiary/aromatic N) is 6. The molecule has 2 aromatic heterocycles. The number of hydrogen-bond acceptors (Lipinski definition) is 8. The van der Waals surface area contributed by atoms with Crippen LogP contribution in [0.3, 0.4) is 0 Å². The number of nitrogen functional groups attached to an aromatic ring is 1. The van der Waals surface area contributed by atoms with Crippen molar-refractivity contribution in [1.29, 1.82) is 0 Å². The highest BCUT2D eigenvalue weighted by Crippen LogP contribution is 2.29. The quantitative estimate of drug-likeness (QED) is 0.398. The molecule has 218 valence electrons. The maximum absolute atomic E-state index is 10.6. The van der Waals surface area contributed by atoms with Crippen LogP contribution in [0.25, 0.3) is 0 Å². The smallest absolute Gasteiger partial charge is 0.475 e. The summed E-state index contributed by atoms with van der Waals surface area (Å²) in [6, 6.07) is 11.1. The number of nitrogens with two attached hydrogens (primary N) is 1. The first kappa shape index (κ1) is 29.6. The minimum absolute atomic E-state index is 0.0958. The minimum Gasteiger partial charge on any atom is -0.475 e. The summed E-state index contributed by atoms with van der Waals surface area (Å²) < 4.78 is 40.1. The Kier molecular flexibility index (Phi) is 9.53. The molecule has 15 heteroatoms. The first-order valence-electron chi connectivity index (χ1n) is 12.9. The van der Waals surface area contributed by atoms with E-state index < -0.39 is 12.1 Å². The summed E-state index contributed by atoms with van der Waals surface area (Å²) in [5.74, 6) is -1.64. The van der Waals surface area contributed by atoms with Crippen molar-refractivity contribution in [1.82, 2.24) is 29.9 Å². The van der Waals surface area contributed by atoms with E-state index in [4.69, 9.17) is 32.0 Å². The zero-order valence-electron chi connectivity index (χ0n) is 21.8. The molecular formula is C25H32ClF3N8O3. The number of carbonyl (C=O) groups is 1. The number of ether oxygens (including phenoxy) is 1. The first-order valence-corrected chi connectivity index (χ1v) is 13.2.